The molecule has 0 aromatic heterocycles. The SMILES string of the molecule is CCC(C)(C)OC(=O)CNC. The lowest BCUT2D eigenvalue weighted by Crippen LogP contribution is -2.31. The minimum Gasteiger partial charge on any atom is -0.459 e. The molecule has 0 amide bonds. The Morgan fingerprint density at radius 3 is 2.45 bits per heavy atom. The van der Waals surface area contributed by atoms with E-state index < -0.39 is 0 Å². The van der Waals surface area contributed by atoms with Gasteiger partial charge in [-0.1, -0.05) is 6.92 Å². The lowest BCUT2D eigenvalue weighted by atomic mass is 10.1. The van der Waals surface area contributed by atoms with Crippen LogP contribution in [0.1, 0.15) is 27.2 Å². The van der Waals surface area contributed by atoms with Crippen molar-refractivity contribution in [2.24, 2.45) is 0 Å². The van der Waals surface area contributed by atoms with E-state index in [0.29, 0.717) is 0 Å². The quantitative estimate of drug-likeness (QED) is 0.620. The molecule has 1 N–H and O–H groups in total. The first-order valence-electron chi connectivity index (χ1n) is 3.88. The molecule has 0 aliphatic heterocycles. The van der Waals surface area contributed by atoms with Gasteiger partial charge in [-0.2, -0.15) is 0 Å². The Hall–Kier alpha value is -0.570. The number of rotatable bonds is 4. The van der Waals surface area contributed by atoms with Crippen LogP contribution < -0.4 is 5.32 Å². The van der Waals surface area contributed by atoms with Gasteiger partial charge in [-0.05, 0) is 27.3 Å². The molecule has 0 spiro atoms. The second kappa shape index (κ2) is 4.34. The van der Waals surface area contributed by atoms with E-state index >= 15 is 0 Å². The first-order chi connectivity index (χ1) is 5.02. The highest BCUT2D eigenvalue weighted by molar-refractivity contribution is 5.72. The Kier molecular flexibility index (Phi) is 4.11. The molecular formula is C8H17NO2. The normalized spacial score (nSPS) is 11.3. The molecular weight excluding hydrogens is 142 g/mol. The summed E-state index contributed by atoms with van der Waals surface area (Å²) in [5.41, 5.74) is -0.325. The minimum absolute atomic E-state index is 0.195. The van der Waals surface area contributed by atoms with Crippen LogP contribution in [0.4, 0.5) is 0 Å². The predicted molar refractivity (Wildman–Crippen MR) is 44.4 cm³/mol. The van der Waals surface area contributed by atoms with Crippen LogP contribution in [-0.4, -0.2) is 25.2 Å². The Bertz CT molecular complexity index is 132. The van der Waals surface area contributed by atoms with Gasteiger partial charge in [0.15, 0.2) is 0 Å². The summed E-state index contributed by atoms with van der Waals surface area (Å²) in [6, 6.07) is 0. The largest absolute Gasteiger partial charge is 0.459 e. The monoisotopic (exact) mass is 159 g/mol. The van der Waals surface area contributed by atoms with Crippen molar-refractivity contribution >= 4 is 5.97 Å². The highest BCUT2D eigenvalue weighted by Gasteiger charge is 2.19. The molecule has 0 radical (unpaired) electrons. The molecule has 0 heterocycles. The van der Waals surface area contributed by atoms with Crippen molar-refractivity contribution in [1.29, 1.82) is 0 Å². The van der Waals surface area contributed by atoms with Crippen LogP contribution in [0.15, 0.2) is 0 Å². The van der Waals surface area contributed by atoms with Crippen molar-refractivity contribution in [3.8, 4) is 0 Å². The molecule has 0 saturated carbocycles. The van der Waals surface area contributed by atoms with Crippen molar-refractivity contribution in [2.45, 2.75) is 32.8 Å². The van der Waals surface area contributed by atoms with E-state index in [9.17, 15) is 4.79 Å². The van der Waals surface area contributed by atoms with E-state index in [1.807, 2.05) is 20.8 Å². The summed E-state index contributed by atoms with van der Waals surface area (Å²) < 4.78 is 5.13. The molecule has 3 nitrogen and oxygen atoms in total. The molecule has 0 aliphatic rings. The van der Waals surface area contributed by atoms with Crippen LogP contribution in [0.25, 0.3) is 0 Å². The van der Waals surface area contributed by atoms with Gasteiger partial charge in [-0.25, -0.2) is 0 Å². The fourth-order valence-electron chi connectivity index (χ4n) is 0.561. The molecule has 0 atom stereocenters. The van der Waals surface area contributed by atoms with Gasteiger partial charge in [-0.3, -0.25) is 4.79 Å². The average molecular weight is 159 g/mol. The summed E-state index contributed by atoms with van der Waals surface area (Å²) >= 11 is 0. The summed E-state index contributed by atoms with van der Waals surface area (Å²) in [6.07, 6.45) is 0.836. The molecule has 66 valence electrons. The van der Waals surface area contributed by atoms with Gasteiger partial charge in [-0.15, -0.1) is 0 Å². The third-order valence-corrected chi connectivity index (χ3v) is 1.56. The molecule has 0 aromatic rings. The molecule has 0 saturated heterocycles. The van der Waals surface area contributed by atoms with Crippen LogP contribution in [0.3, 0.4) is 0 Å². The van der Waals surface area contributed by atoms with Crippen molar-refractivity contribution in [3.63, 3.8) is 0 Å². The second-order valence-electron chi connectivity index (χ2n) is 3.12. The number of nitrogens with one attached hydrogen (secondary N) is 1. The first-order valence-corrected chi connectivity index (χ1v) is 3.88. The van der Waals surface area contributed by atoms with E-state index in [-0.39, 0.29) is 18.1 Å². The van der Waals surface area contributed by atoms with Crippen molar-refractivity contribution in [1.82, 2.24) is 5.32 Å². The first kappa shape index (κ1) is 10.4. The van der Waals surface area contributed by atoms with E-state index in [2.05, 4.69) is 5.32 Å². The molecule has 0 aromatic carbocycles. The molecule has 0 rings (SSSR count). The predicted octanol–water partition coefficient (Wildman–Crippen LogP) is 0.938. The highest BCUT2D eigenvalue weighted by Crippen LogP contribution is 2.12. The van der Waals surface area contributed by atoms with Crippen LogP contribution in [0.2, 0.25) is 0 Å². The summed E-state index contributed by atoms with van der Waals surface area (Å²) in [7, 11) is 1.72. The number of carbonyl (C=O) groups excluding carboxylic acids is 1. The van der Waals surface area contributed by atoms with E-state index in [1.165, 1.54) is 0 Å². The third-order valence-electron chi connectivity index (χ3n) is 1.56. The van der Waals surface area contributed by atoms with Gasteiger partial charge in [0.25, 0.3) is 0 Å². The summed E-state index contributed by atoms with van der Waals surface area (Å²) in [5, 5.41) is 2.74. The fraction of sp³-hybridized carbons (Fsp3) is 0.875. The second-order valence-corrected chi connectivity index (χ2v) is 3.12. The van der Waals surface area contributed by atoms with E-state index in [0.717, 1.165) is 6.42 Å². The summed E-state index contributed by atoms with van der Waals surface area (Å²) in [4.78, 5) is 10.9. The Balaban J connectivity index is 3.74. The summed E-state index contributed by atoms with van der Waals surface area (Å²) in [5.74, 6) is -0.195. The molecule has 0 aliphatic carbocycles. The maximum atomic E-state index is 10.9. The fourth-order valence-corrected chi connectivity index (χ4v) is 0.561. The van der Waals surface area contributed by atoms with Crippen molar-refractivity contribution in [3.05, 3.63) is 0 Å². The zero-order chi connectivity index (χ0) is 8.91. The van der Waals surface area contributed by atoms with Crippen molar-refractivity contribution < 1.29 is 9.53 Å². The molecule has 3 heteroatoms. The molecule has 0 unspecified atom stereocenters. The Morgan fingerprint density at radius 2 is 2.09 bits per heavy atom. The minimum atomic E-state index is -0.325. The smallest absolute Gasteiger partial charge is 0.320 e. The molecule has 0 fully saturated rings. The molecule has 11 heavy (non-hydrogen) atoms. The lowest BCUT2D eigenvalue weighted by Gasteiger charge is -2.22. The number of hydrogen-bond acceptors (Lipinski definition) is 3. The average Bonchev–Trinajstić information content (AvgIpc) is 1.87. The number of carbonyl (C=O) groups is 1. The summed E-state index contributed by atoms with van der Waals surface area (Å²) in [6.45, 7) is 6.08. The van der Waals surface area contributed by atoms with Gasteiger partial charge < -0.3 is 10.1 Å². The lowest BCUT2D eigenvalue weighted by molar-refractivity contribution is -0.155. The number of ether oxygens (including phenoxy) is 1. The zero-order valence-electron chi connectivity index (χ0n) is 7.73. The van der Waals surface area contributed by atoms with Crippen LogP contribution in [0, 0.1) is 0 Å². The van der Waals surface area contributed by atoms with Crippen LogP contribution in [0.5, 0.6) is 0 Å². The van der Waals surface area contributed by atoms with Gasteiger partial charge >= 0.3 is 5.97 Å². The van der Waals surface area contributed by atoms with E-state index in [1.54, 1.807) is 7.05 Å². The Morgan fingerprint density at radius 1 is 1.55 bits per heavy atom. The number of hydrogen-bond donors (Lipinski definition) is 1. The van der Waals surface area contributed by atoms with Gasteiger partial charge in [0.2, 0.25) is 0 Å². The standard InChI is InChI=1S/C8H17NO2/c1-5-8(2,3)11-7(10)6-9-4/h9H,5-6H2,1-4H3. The van der Waals surface area contributed by atoms with Gasteiger partial charge in [0, 0.05) is 0 Å². The van der Waals surface area contributed by atoms with Gasteiger partial charge in [0.05, 0.1) is 6.54 Å². The zero-order valence-corrected chi connectivity index (χ0v) is 7.73. The topological polar surface area (TPSA) is 38.3 Å². The van der Waals surface area contributed by atoms with Crippen molar-refractivity contribution in [2.75, 3.05) is 13.6 Å². The number of likely N-dealkylation sites (N-methyl/N-ethyl adjacent to an activating group) is 1. The highest BCUT2D eigenvalue weighted by atomic mass is 16.6. The maximum Gasteiger partial charge on any atom is 0.320 e. The van der Waals surface area contributed by atoms with E-state index in [4.69, 9.17) is 4.74 Å². The maximum absolute atomic E-state index is 10.9. The molecule has 0 bridgehead atoms. The third kappa shape index (κ3) is 4.79. The Labute approximate surface area is 68.1 Å². The number of esters is 1. The van der Waals surface area contributed by atoms with Crippen LogP contribution in [-0.2, 0) is 9.53 Å². The van der Waals surface area contributed by atoms with Gasteiger partial charge in [0.1, 0.15) is 5.60 Å². The van der Waals surface area contributed by atoms with Crippen LogP contribution >= 0.6 is 0 Å².